The Kier molecular flexibility index (Phi) is 1.65. The van der Waals surface area contributed by atoms with Crippen LogP contribution in [0.25, 0.3) is 0 Å². The average Bonchev–Trinajstić information content (AvgIpc) is 2.43. The van der Waals surface area contributed by atoms with E-state index in [1.54, 1.807) is 30.1 Å². The molecule has 0 atom stereocenters. The summed E-state index contributed by atoms with van der Waals surface area (Å²) in [6.45, 7) is 0.545. The third-order valence-corrected chi connectivity index (χ3v) is 2.31. The Hall–Kier alpha value is -1.64. The first-order valence-electron chi connectivity index (χ1n) is 4.06. The monoisotopic (exact) mass is 175 g/mol. The summed E-state index contributed by atoms with van der Waals surface area (Å²) in [6.07, 6.45) is 0.797. The van der Waals surface area contributed by atoms with Crippen molar-refractivity contribution >= 4 is 12.2 Å². The van der Waals surface area contributed by atoms with Crippen LogP contribution >= 0.6 is 0 Å². The fourth-order valence-corrected chi connectivity index (χ4v) is 1.61. The molecule has 0 bridgehead atoms. The summed E-state index contributed by atoms with van der Waals surface area (Å²) in [5.41, 5.74) is 2.13. The maximum absolute atomic E-state index is 11.5. The molecule has 0 aliphatic carbocycles. The van der Waals surface area contributed by atoms with Gasteiger partial charge in [-0.05, 0) is 11.6 Å². The number of hydrogen-bond donors (Lipinski definition) is 0. The highest BCUT2D eigenvalue weighted by molar-refractivity contribution is 6.00. The minimum absolute atomic E-state index is 0.00120. The predicted octanol–water partition coefficient (Wildman–Crippen LogP) is 1.08. The second kappa shape index (κ2) is 2.69. The van der Waals surface area contributed by atoms with Crippen LogP contribution in [0.1, 0.15) is 26.3 Å². The summed E-state index contributed by atoms with van der Waals surface area (Å²) in [6, 6.07) is 5.23. The molecule has 13 heavy (non-hydrogen) atoms. The Bertz CT molecular complexity index is 385. The molecule has 1 aromatic carbocycles. The number of amides is 1. The minimum atomic E-state index is -0.00120. The zero-order valence-corrected chi connectivity index (χ0v) is 7.28. The number of nitrogens with zero attached hydrogens (tertiary/aromatic N) is 1. The largest absolute Gasteiger partial charge is 0.337 e. The maximum Gasteiger partial charge on any atom is 0.254 e. The SMILES string of the molecule is CN1Cc2c(C=O)cccc2C1=O. The molecular formula is C10H9NO2. The molecule has 0 saturated carbocycles. The molecule has 66 valence electrons. The van der Waals surface area contributed by atoms with Gasteiger partial charge < -0.3 is 4.90 Å². The van der Waals surface area contributed by atoms with Gasteiger partial charge in [-0.1, -0.05) is 12.1 Å². The summed E-state index contributed by atoms with van der Waals surface area (Å²) in [5, 5.41) is 0. The lowest BCUT2D eigenvalue weighted by molar-refractivity contribution is 0.0816. The topological polar surface area (TPSA) is 37.4 Å². The first-order valence-corrected chi connectivity index (χ1v) is 4.06. The van der Waals surface area contributed by atoms with Gasteiger partial charge in [0.05, 0.1) is 0 Å². The average molecular weight is 175 g/mol. The van der Waals surface area contributed by atoms with E-state index in [0.29, 0.717) is 17.7 Å². The van der Waals surface area contributed by atoms with E-state index < -0.39 is 0 Å². The van der Waals surface area contributed by atoms with Gasteiger partial charge in [-0.2, -0.15) is 0 Å². The fourth-order valence-electron chi connectivity index (χ4n) is 1.61. The molecule has 2 rings (SSSR count). The number of rotatable bonds is 1. The van der Waals surface area contributed by atoms with Crippen LogP contribution in [-0.4, -0.2) is 24.1 Å². The Morgan fingerprint density at radius 1 is 1.46 bits per heavy atom. The van der Waals surface area contributed by atoms with Gasteiger partial charge in [-0.25, -0.2) is 0 Å². The van der Waals surface area contributed by atoms with E-state index in [9.17, 15) is 9.59 Å². The van der Waals surface area contributed by atoms with Crippen LogP contribution in [0.15, 0.2) is 18.2 Å². The summed E-state index contributed by atoms with van der Waals surface area (Å²) in [5.74, 6) is -0.00120. The Labute approximate surface area is 76.0 Å². The molecule has 0 aromatic heterocycles. The molecule has 0 fully saturated rings. The van der Waals surface area contributed by atoms with Crippen LogP contribution in [0.3, 0.4) is 0 Å². The third kappa shape index (κ3) is 1.04. The van der Waals surface area contributed by atoms with E-state index in [1.807, 2.05) is 0 Å². The first-order chi connectivity index (χ1) is 6.24. The number of carbonyl (C=O) groups is 2. The predicted molar refractivity (Wildman–Crippen MR) is 47.6 cm³/mol. The molecule has 3 heteroatoms. The Morgan fingerprint density at radius 2 is 2.23 bits per heavy atom. The molecule has 1 heterocycles. The molecule has 1 amide bonds. The molecule has 1 aliphatic heterocycles. The molecule has 1 aliphatic rings. The quantitative estimate of drug-likeness (QED) is 0.599. The van der Waals surface area contributed by atoms with Crippen molar-refractivity contribution < 1.29 is 9.59 Å². The van der Waals surface area contributed by atoms with Crippen LogP contribution in [0.4, 0.5) is 0 Å². The van der Waals surface area contributed by atoms with Crippen LogP contribution in [0.5, 0.6) is 0 Å². The van der Waals surface area contributed by atoms with Crippen molar-refractivity contribution in [3.8, 4) is 0 Å². The lowest BCUT2D eigenvalue weighted by atomic mass is 10.0. The lowest BCUT2D eigenvalue weighted by Gasteiger charge is -2.04. The Morgan fingerprint density at radius 3 is 2.92 bits per heavy atom. The second-order valence-corrected chi connectivity index (χ2v) is 3.15. The number of hydrogen-bond acceptors (Lipinski definition) is 2. The lowest BCUT2D eigenvalue weighted by Crippen LogP contribution is -2.17. The van der Waals surface area contributed by atoms with Crippen molar-refractivity contribution in [2.75, 3.05) is 7.05 Å². The summed E-state index contributed by atoms with van der Waals surface area (Å²) >= 11 is 0. The van der Waals surface area contributed by atoms with Gasteiger partial charge >= 0.3 is 0 Å². The highest BCUT2D eigenvalue weighted by atomic mass is 16.2. The molecule has 0 N–H and O–H groups in total. The molecular weight excluding hydrogens is 166 g/mol. The standard InChI is InChI=1S/C10H9NO2/c1-11-5-9-7(6-12)3-2-4-8(9)10(11)13/h2-4,6H,5H2,1H3. The molecule has 0 unspecified atom stereocenters. The van der Waals surface area contributed by atoms with Crippen molar-refractivity contribution in [3.63, 3.8) is 0 Å². The van der Waals surface area contributed by atoms with Crippen LogP contribution in [-0.2, 0) is 6.54 Å². The van der Waals surface area contributed by atoms with Gasteiger partial charge in [-0.15, -0.1) is 0 Å². The van der Waals surface area contributed by atoms with Crippen molar-refractivity contribution in [1.82, 2.24) is 4.90 Å². The normalized spacial score (nSPS) is 14.5. The maximum atomic E-state index is 11.5. The van der Waals surface area contributed by atoms with E-state index in [0.717, 1.165) is 11.8 Å². The minimum Gasteiger partial charge on any atom is -0.337 e. The zero-order valence-electron chi connectivity index (χ0n) is 7.28. The van der Waals surface area contributed by atoms with Gasteiger partial charge in [0.2, 0.25) is 0 Å². The summed E-state index contributed by atoms with van der Waals surface area (Å²) in [7, 11) is 1.73. The summed E-state index contributed by atoms with van der Waals surface area (Å²) < 4.78 is 0. The second-order valence-electron chi connectivity index (χ2n) is 3.15. The zero-order chi connectivity index (χ0) is 9.42. The molecule has 0 radical (unpaired) electrons. The smallest absolute Gasteiger partial charge is 0.254 e. The molecule has 0 saturated heterocycles. The highest BCUT2D eigenvalue weighted by Gasteiger charge is 2.25. The van der Waals surface area contributed by atoms with E-state index >= 15 is 0 Å². The first kappa shape index (κ1) is 7.98. The van der Waals surface area contributed by atoms with Crippen molar-refractivity contribution in [2.24, 2.45) is 0 Å². The molecule has 1 aromatic rings. The van der Waals surface area contributed by atoms with Crippen LogP contribution < -0.4 is 0 Å². The molecule has 0 spiro atoms. The van der Waals surface area contributed by atoms with Crippen molar-refractivity contribution in [2.45, 2.75) is 6.54 Å². The number of aldehydes is 1. The van der Waals surface area contributed by atoms with E-state index in [1.165, 1.54) is 0 Å². The highest BCUT2D eigenvalue weighted by Crippen LogP contribution is 2.23. The Balaban J connectivity index is 2.62. The van der Waals surface area contributed by atoms with Gasteiger partial charge in [0.25, 0.3) is 5.91 Å². The van der Waals surface area contributed by atoms with Gasteiger partial charge in [0, 0.05) is 24.7 Å². The number of carbonyl (C=O) groups excluding carboxylic acids is 2. The van der Waals surface area contributed by atoms with Crippen molar-refractivity contribution in [1.29, 1.82) is 0 Å². The van der Waals surface area contributed by atoms with Gasteiger partial charge in [0.15, 0.2) is 0 Å². The van der Waals surface area contributed by atoms with Gasteiger partial charge in [-0.3, -0.25) is 9.59 Å². The van der Waals surface area contributed by atoms with Crippen LogP contribution in [0.2, 0.25) is 0 Å². The van der Waals surface area contributed by atoms with E-state index in [-0.39, 0.29) is 5.91 Å². The number of benzene rings is 1. The number of fused-ring (bicyclic) bond motifs is 1. The summed E-state index contributed by atoms with van der Waals surface area (Å²) in [4.78, 5) is 23.7. The molecule has 3 nitrogen and oxygen atoms in total. The van der Waals surface area contributed by atoms with E-state index in [4.69, 9.17) is 0 Å². The van der Waals surface area contributed by atoms with Crippen LogP contribution in [0, 0.1) is 0 Å². The van der Waals surface area contributed by atoms with Crippen molar-refractivity contribution in [3.05, 3.63) is 34.9 Å². The van der Waals surface area contributed by atoms with E-state index in [2.05, 4.69) is 0 Å². The third-order valence-electron chi connectivity index (χ3n) is 2.31. The van der Waals surface area contributed by atoms with Gasteiger partial charge in [0.1, 0.15) is 6.29 Å². The fraction of sp³-hybridized carbons (Fsp3) is 0.200.